The second-order valence-corrected chi connectivity index (χ2v) is 3.88. The molecule has 0 spiro atoms. The third-order valence-corrected chi connectivity index (χ3v) is 2.53. The molecule has 0 atom stereocenters. The largest absolute Gasteiger partial charge is 0.477 e. The lowest BCUT2D eigenvalue weighted by atomic mass is 10.2. The Morgan fingerprint density at radius 3 is 2.26 bits per heavy atom. The molecular weight excluding hydrogens is 265 g/mol. The summed E-state index contributed by atoms with van der Waals surface area (Å²) in [6.07, 6.45) is -4.56. The Balaban J connectivity index is 2.51. The molecule has 0 radical (unpaired) electrons. The second kappa shape index (κ2) is 4.11. The molecule has 9 heteroatoms. The molecule has 0 amide bonds. The van der Waals surface area contributed by atoms with Gasteiger partial charge in [0.1, 0.15) is 11.4 Å². The number of hydrogen-bond donors (Lipinski definition) is 1. The molecule has 0 fully saturated rings. The first kappa shape index (κ1) is 13.1. The number of aromatic carboxylic acids is 1. The van der Waals surface area contributed by atoms with E-state index in [1.54, 1.807) is 0 Å². The number of hydrogen-bond acceptors (Lipinski definition) is 3. The van der Waals surface area contributed by atoms with Gasteiger partial charge in [-0.1, -0.05) is 0 Å². The molecule has 1 N–H and O–H groups in total. The van der Waals surface area contributed by atoms with Crippen molar-refractivity contribution in [3.05, 3.63) is 23.5 Å². The molecule has 0 aliphatic carbocycles. The van der Waals surface area contributed by atoms with E-state index in [0.717, 1.165) is 15.4 Å². The van der Waals surface area contributed by atoms with Crippen molar-refractivity contribution in [2.24, 2.45) is 14.1 Å². The normalized spacial score (nSPS) is 11.8. The highest BCUT2D eigenvalue weighted by molar-refractivity contribution is 5.87. The zero-order chi connectivity index (χ0) is 14.4. The first-order valence-corrected chi connectivity index (χ1v) is 5.09. The molecule has 0 aliphatic rings. The van der Waals surface area contributed by atoms with Crippen LogP contribution in [-0.2, 0) is 20.3 Å². The van der Waals surface area contributed by atoms with Gasteiger partial charge in [-0.25, -0.2) is 4.79 Å². The molecule has 0 saturated heterocycles. The van der Waals surface area contributed by atoms with Gasteiger partial charge in [-0.2, -0.15) is 23.4 Å². The Kier molecular flexibility index (Phi) is 2.84. The number of carboxylic acids is 1. The van der Waals surface area contributed by atoms with Gasteiger partial charge in [-0.15, -0.1) is 0 Å². The highest BCUT2D eigenvalue weighted by atomic mass is 19.4. The summed E-state index contributed by atoms with van der Waals surface area (Å²) in [6.45, 7) is 0. The van der Waals surface area contributed by atoms with Gasteiger partial charge < -0.3 is 5.11 Å². The van der Waals surface area contributed by atoms with Crippen LogP contribution in [0.5, 0.6) is 0 Å². The number of alkyl halides is 3. The second-order valence-electron chi connectivity index (χ2n) is 3.88. The standard InChI is InChI=1S/C10H9F3N4O2/c1-16-6(4-8(15-16)10(11,12)13)5-3-7(9(18)19)17(2)14-5/h3-4H,1-2H3,(H,18,19). The SMILES string of the molecule is Cn1nc(-c2cc(C(F)(F)F)nn2C)cc1C(=O)O. The predicted molar refractivity (Wildman–Crippen MR) is 57.4 cm³/mol. The molecule has 2 heterocycles. The van der Waals surface area contributed by atoms with Crippen LogP contribution in [0.15, 0.2) is 12.1 Å². The smallest absolute Gasteiger partial charge is 0.435 e. The van der Waals surface area contributed by atoms with E-state index in [9.17, 15) is 18.0 Å². The first-order valence-electron chi connectivity index (χ1n) is 5.09. The van der Waals surface area contributed by atoms with E-state index < -0.39 is 17.8 Å². The lowest BCUT2D eigenvalue weighted by molar-refractivity contribution is -0.141. The molecule has 0 unspecified atom stereocenters. The van der Waals surface area contributed by atoms with Gasteiger partial charge in [0.15, 0.2) is 5.69 Å². The highest BCUT2D eigenvalue weighted by Crippen LogP contribution is 2.31. The number of rotatable bonds is 2. The number of carbonyl (C=O) groups is 1. The Hall–Kier alpha value is -2.32. The van der Waals surface area contributed by atoms with Crippen molar-refractivity contribution >= 4 is 5.97 Å². The number of halogens is 3. The van der Waals surface area contributed by atoms with Gasteiger partial charge in [0, 0.05) is 20.2 Å². The van der Waals surface area contributed by atoms with Gasteiger partial charge in [0.05, 0.1) is 5.69 Å². The highest BCUT2D eigenvalue weighted by Gasteiger charge is 2.35. The van der Waals surface area contributed by atoms with E-state index in [1.807, 2.05) is 0 Å². The fourth-order valence-corrected chi connectivity index (χ4v) is 1.64. The summed E-state index contributed by atoms with van der Waals surface area (Å²) in [5, 5.41) is 16.1. The van der Waals surface area contributed by atoms with Crippen LogP contribution < -0.4 is 0 Å². The molecule has 2 aromatic rings. The maximum Gasteiger partial charge on any atom is 0.435 e. The van der Waals surface area contributed by atoms with Crippen LogP contribution in [-0.4, -0.2) is 30.6 Å². The van der Waals surface area contributed by atoms with Crippen LogP contribution in [0, 0.1) is 0 Å². The molecule has 2 aromatic heterocycles. The maximum atomic E-state index is 12.5. The van der Waals surface area contributed by atoms with Crippen LogP contribution in [0.25, 0.3) is 11.4 Å². The Labute approximate surface area is 105 Å². The molecule has 2 rings (SSSR count). The van der Waals surface area contributed by atoms with Gasteiger partial charge in [0.25, 0.3) is 0 Å². The van der Waals surface area contributed by atoms with Crippen molar-refractivity contribution in [2.45, 2.75) is 6.18 Å². The van der Waals surface area contributed by atoms with E-state index >= 15 is 0 Å². The lowest BCUT2D eigenvalue weighted by Crippen LogP contribution is -2.06. The Morgan fingerprint density at radius 1 is 1.21 bits per heavy atom. The number of nitrogens with zero attached hydrogens (tertiary/aromatic N) is 4. The fourth-order valence-electron chi connectivity index (χ4n) is 1.64. The number of carboxylic acid groups (broad SMARTS) is 1. The summed E-state index contributed by atoms with van der Waals surface area (Å²) in [5.74, 6) is -1.21. The average molecular weight is 274 g/mol. The van der Waals surface area contributed by atoms with Crippen molar-refractivity contribution < 1.29 is 23.1 Å². The topological polar surface area (TPSA) is 72.9 Å². The lowest BCUT2D eigenvalue weighted by Gasteiger charge is -1.98. The maximum absolute atomic E-state index is 12.5. The minimum atomic E-state index is -4.56. The first-order chi connectivity index (χ1) is 8.70. The van der Waals surface area contributed by atoms with E-state index in [0.29, 0.717) is 0 Å². The van der Waals surface area contributed by atoms with E-state index in [2.05, 4.69) is 10.2 Å². The van der Waals surface area contributed by atoms with Crippen molar-refractivity contribution in [1.29, 1.82) is 0 Å². The van der Waals surface area contributed by atoms with E-state index in [4.69, 9.17) is 5.11 Å². The molecule has 102 valence electrons. The van der Waals surface area contributed by atoms with Crippen LogP contribution in [0.3, 0.4) is 0 Å². The molecule has 0 aromatic carbocycles. The Morgan fingerprint density at radius 2 is 1.84 bits per heavy atom. The Bertz CT molecular complexity index is 642. The van der Waals surface area contributed by atoms with Crippen molar-refractivity contribution in [3.8, 4) is 11.4 Å². The predicted octanol–water partition coefficient (Wildman–Crippen LogP) is 1.54. The third kappa shape index (κ3) is 2.30. The zero-order valence-corrected chi connectivity index (χ0v) is 9.93. The summed E-state index contributed by atoms with van der Waals surface area (Å²) in [5.41, 5.74) is -0.960. The minimum Gasteiger partial charge on any atom is -0.477 e. The van der Waals surface area contributed by atoms with Gasteiger partial charge in [0.2, 0.25) is 0 Å². The van der Waals surface area contributed by atoms with Gasteiger partial charge in [-0.05, 0) is 6.07 Å². The van der Waals surface area contributed by atoms with Gasteiger partial charge in [-0.3, -0.25) is 9.36 Å². The van der Waals surface area contributed by atoms with E-state index in [-0.39, 0.29) is 17.1 Å². The molecule has 6 nitrogen and oxygen atoms in total. The molecular formula is C10H9F3N4O2. The minimum absolute atomic E-state index is 0.0930. The molecule has 0 saturated carbocycles. The van der Waals surface area contributed by atoms with E-state index in [1.165, 1.54) is 20.2 Å². The summed E-state index contributed by atoms with van der Waals surface area (Å²) in [6, 6.07) is 2.02. The zero-order valence-electron chi connectivity index (χ0n) is 9.93. The number of aryl methyl sites for hydroxylation is 2. The number of aromatic nitrogens is 4. The van der Waals surface area contributed by atoms with Crippen molar-refractivity contribution in [1.82, 2.24) is 19.6 Å². The average Bonchev–Trinajstić information content (AvgIpc) is 2.80. The summed E-state index contributed by atoms with van der Waals surface area (Å²) < 4.78 is 39.6. The van der Waals surface area contributed by atoms with Crippen LogP contribution >= 0.6 is 0 Å². The van der Waals surface area contributed by atoms with Crippen LogP contribution in [0.1, 0.15) is 16.2 Å². The van der Waals surface area contributed by atoms with Crippen LogP contribution in [0.4, 0.5) is 13.2 Å². The van der Waals surface area contributed by atoms with Crippen molar-refractivity contribution in [3.63, 3.8) is 0 Å². The molecule has 0 bridgehead atoms. The fraction of sp³-hybridized carbons (Fsp3) is 0.300. The molecule has 19 heavy (non-hydrogen) atoms. The quantitative estimate of drug-likeness (QED) is 0.901. The van der Waals surface area contributed by atoms with Crippen LogP contribution in [0.2, 0.25) is 0 Å². The summed E-state index contributed by atoms with van der Waals surface area (Å²) in [7, 11) is 2.73. The third-order valence-electron chi connectivity index (χ3n) is 2.53. The summed E-state index contributed by atoms with van der Waals surface area (Å²) >= 11 is 0. The molecule has 0 aliphatic heterocycles. The van der Waals surface area contributed by atoms with Gasteiger partial charge >= 0.3 is 12.1 Å². The summed E-state index contributed by atoms with van der Waals surface area (Å²) in [4.78, 5) is 10.9. The monoisotopic (exact) mass is 274 g/mol. The van der Waals surface area contributed by atoms with Crippen molar-refractivity contribution in [2.75, 3.05) is 0 Å².